The van der Waals surface area contributed by atoms with E-state index in [2.05, 4.69) is 20.3 Å². The van der Waals surface area contributed by atoms with Crippen LogP contribution in [0.1, 0.15) is 25.7 Å². The molecule has 2 amide bonds. The number of nitrogen functional groups attached to an aromatic ring is 1. The van der Waals surface area contributed by atoms with Crippen molar-refractivity contribution in [2.75, 3.05) is 21.1 Å². The maximum Gasteiger partial charge on any atom is 0.303 e. The Morgan fingerprint density at radius 2 is 1.09 bits per heavy atom. The zero-order valence-electron chi connectivity index (χ0n) is 24.3. The summed E-state index contributed by atoms with van der Waals surface area (Å²) in [5.74, 6) is -3.03. The molecular formula is C29H29N5O10S3. The van der Waals surface area contributed by atoms with Crippen molar-refractivity contribution >= 4 is 77.1 Å². The maximum atomic E-state index is 12.5. The number of nitrogens with zero attached hydrogens (tertiary/aromatic N) is 1. The van der Waals surface area contributed by atoms with Crippen LogP contribution in [0.4, 0.5) is 22.2 Å². The standard InChI is InChI=1S/C16H16N2O5S.C13H13N3O5S2/c17-11-1-5-13(6-2-11)24(22,23)14-7-3-12(4-8-14)18-15(19)9-10-16(20)21;17-11(5-6-12(18)19)15-9-1-3-10(4-2-9)23(20,21)16-13-14-7-8-22-13/h1-8H,9-10,17H2,(H,18,19)(H,20,21);1-4,7-8H,5-6H2,(H,14,16)(H,15,17)(H,18,19). The molecule has 0 aliphatic heterocycles. The van der Waals surface area contributed by atoms with Gasteiger partial charge in [-0.25, -0.2) is 21.8 Å². The lowest BCUT2D eigenvalue weighted by Gasteiger charge is -2.07. The van der Waals surface area contributed by atoms with Crippen LogP contribution in [0.2, 0.25) is 0 Å². The summed E-state index contributed by atoms with van der Waals surface area (Å²) in [7, 11) is -7.41. The Labute approximate surface area is 273 Å². The van der Waals surface area contributed by atoms with Gasteiger partial charge in [0.15, 0.2) is 5.13 Å². The van der Waals surface area contributed by atoms with Crippen molar-refractivity contribution in [3.05, 3.63) is 84.4 Å². The second-order valence-corrected chi connectivity index (χ2v) is 14.0. The van der Waals surface area contributed by atoms with E-state index >= 15 is 0 Å². The lowest BCUT2D eigenvalue weighted by Crippen LogP contribution is -2.14. The Morgan fingerprint density at radius 1 is 0.660 bits per heavy atom. The van der Waals surface area contributed by atoms with E-state index in [9.17, 15) is 36.0 Å². The van der Waals surface area contributed by atoms with Gasteiger partial charge in [-0.15, -0.1) is 11.3 Å². The van der Waals surface area contributed by atoms with E-state index in [1.165, 1.54) is 79.0 Å². The van der Waals surface area contributed by atoms with Gasteiger partial charge in [-0.3, -0.25) is 23.9 Å². The van der Waals surface area contributed by atoms with E-state index in [1.807, 2.05) is 0 Å². The number of carboxylic acid groups (broad SMARTS) is 2. The molecule has 0 fully saturated rings. The number of carbonyl (C=O) groups excluding carboxylic acids is 2. The topological polar surface area (TPSA) is 252 Å². The molecule has 0 unspecified atom stereocenters. The van der Waals surface area contributed by atoms with Gasteiger partial charge in [0, 0.05) is 41.5 Å². The zero-order valence-corrected chi connectivity index (χ0v) is 26.8. The van der Waals surface area contributed by atoms with Crippen LogP contribution in [0, 0.1) is 0 Å². The number of rotatable bonds is 13. The molecule has 18 heteroatoms. The average molecular weight is 704 g/mol. The summed E-state index contributed by atoms with van der Waals surface area (Å²) in [5, 5.41) is 23.9. The molecule has 0 aliphatic rings. The number of benzene rings is 3. The number of aliphatic carboxylic acids is 2. The number of thiazole rings is 1. The van der Waals surface area contributed by atoms with E-state index in [0.717, 1.165) is 11.3 Å². The first-order valence-corrected chi connectivity index (χ1v) is 17.3. The summed E-state index contributed by atoms with van der Waals surface area (Å²) in [6, 6.07) is 17.0. The summed E-state index contributed by atoms with van der Waals surface area (Å²) < 4.78 is 51.5. The molecule has 0 spiro atoms. The molecule has 3 aromatic carbocycles. The van der Waals surface area contributed by atoms with Gasteiger partial charge in [0.2, 0.25) is 21.7 Å². The van der Waals surface area contributed by atoms with Crippen molar-refractivity contribution in [1.29, 1.82) is 0 Å². The molecule has 47 heavy (non-hydrogen) atoms. The third kappa shape index (κ3) is 11.5. The highest BCUT2D eigenvalue weighted by atomic mass is 32.2. The van der Waals surface area contributed by atoms with Crippen molar-refractivity contribution in [2.24, 2.45) is 0 Å². The predicted molar refractivity (Wildman–Crippen MR) is 173 cm³/mol. The first-order valence-electron chi connectivity index (χ1n) is 13.4. The lowest BCUT2D eigenvalue weighted by molar-refractivity contribution is -0.138. The highest BCUT2D eigenvalue weighted by molar-refractivity contribution is 7.93. The van der Waals surface area contributed by atoms with E-state index in [0.29, 0.717) is 17.1 Å². The molecule has 1 heterocycles. The summed E-state index contributed by atoms with van der Waals surface area (Å²) >= 11 is 1.16. The minimum absolute atomic E-state index is 0.0243. The number of hydrogen-bond acceptors (Lipinski definition) is 11. The number of carboxylic acids is 2. The molecule has 4 aromatic rings. The Morgan fingerprint density at radius 3 is 1.49 bits per heavy atom. The highest BCUT2D eigenvalue weighted by Crippen LogP contribution is 2.23. The Kier molecular flexibility index (Phi) is 12.5. The summed E-state index contributed by atoms with van der Waals surface area (Å²) in [6.45, 7) is 0. The Balaban J connectivity index is 0.000000256. The number of amides is 2. The van der Waals surface area contributed by atoms with Crippen LogP contribution in [0.3, 0.4) is 0 Å². The van der Waals surface area contributed by atoms with Crippen LogP contribution in [0.15, 0.2) is 99.1 Å². The van der Waals surface area contributed by atoms with Crippen LogP contribution in [0.25, 0.3) is 0 Å². The minimum atomic E-state index is -3.74. The van der Waals surface area contributed by atoms with Gasteiger partial charge < -0.3 is 26.6 Å². The zero-order chi connectivity index (χ0) is 34.6. The van der Waals surface area contributed by atoms with Crippen molar-refractivity contribution in [3.63, 3.8) is 0 Å². The molecule has 1 aromatic heterocycles. The molecule has 0 radical (unpaired) electrons. The first-order chi connectivity index (χ1) is 22.2. The van der Waals surface area contributed by atoms with Crippen LogP contribution < -0.4 is 21.1 Å². The van der Waals surface area contributed by atoms with Crippen LogP contribution >= 0.6 is 11.3 Å². The fraction of sp³-hybridized carbons (Fsp3) is 0.138. The van der Waals surface area contributed by atoms with Crippen molar-refractivity contribution in [2.45, 2.75) is 40.4 Å². The number of nitrogens with two attached hydrogens (primary N) is 1. The summed E-state index contributed by atoms with van der Waals surface area (Å²) in [4.78, 5) is 47.9. The van der Waals surface area contributed by atoms with Crippen LogP contribution in [0.5, 0.6) is 0 Å². The monoisotopic (exact) mass is 703 g/mol. The SMILES string of the molecule is Nc1ccc(S(=O)(=O)c2ccc(NC(=O)CCC(=O)O)cc2)cc1.O=C(O)CCC(=O)Nc1ccc(S(=O)(=O)Nc2nccs2)cc1. The van der Waals surface area contributed by atoms with Gasteiger partial charge in [0.25, 0.3) is 10.0 Å². The van der Waals surface area contributed by atoms with Crippen molar-refractivity contribution in [3.8, 4) is 0 Å². The molecule has 248 valence electrons. The molecule has 0 aliphatic carbocycles. The Hall–Kier alpha value is -5.33. The van der Waals surface area contributed by atoms with E-state index < -0.39 is 43.6 Å². The van der Waals surface area contributed by atoms with Crippen LogP contribution in [-0.4, -0.2) is 55.8 Å². The van der Waals surface area contributed by atoms with Gasteiger partial charge in [-0.1, -0.05) is 0 Å². The summed E-state index contributed by atoms with van der Waals surface area (Å²) in [5.41, 5.74) is 6.79. The number of nitrogens with one attached hydrogen (secondary N) is 3. The smallest absolute Gasteiger partial charge is 0.303 e. The highest BCUT2D eigenvalue weighted by Gasteiger charge is 2.18. The number of sulfone groups is 1. The number of aromatic nitrogens is 1. The molecule has 0 atom stereocenters. The number of hydrogen-bond donors (Lipinski definition) is 6. The van der Waals surface area contributed by atoms with Crippen LogP contribution in [-0.2, 0) is 39.0 Å². The predicted octanol–water partition coefficient (Wildman–Crippen LogP) is 3.65. The Bertz CT molecular complexity index is 1910. The number of anilines is 4. The maximum absolute atomic E-state index is 12.5. The third-order valence-corrected chi connectivity index (χ3v) is 9.83. The second kappa shape index (κ2) is 16.3. The molecule has 4 rings (SSSR count). The fourth-order valence-corrected chi connectivity index (χ4v) is 6.60. The molecule has 0 saturated heterocycles. The van der Waals surface area contributed by atoms with Gasteiger partial charge in [-0.05, 0) is 72.8 Å². The quantitative estimate of drug-likeness (QED) is 0.109. The van der Waals surface area contributed by atoms with Gasteiger partial charge in [0.05, 0.1) is 27.5 Å². The molecule has 0 saturated carbocycles. The largest absolute Gasteiger partial charge is 0.481 e. The fourth-order valence-electron chi connectivity index (χ4n) is 3.55. The second-order valence-electron chi connectivity index (χ2n) is 9.45. The molecule has 15 nitrogen and oxygen atoms in total. The molecule has 7 N–H and O–H groups in total. The third-order valence-electron chi connectivity index (χ3n) is 5.87. The number of sulfonamides is 1. The molecular weight excluding hydrogens is 675 g/mol. The molecule has 0 bridgehead atoms. The van der Waals surface area contributed by atoms with Crippen molar-refractivity contribution in [1.82, 2.24) is 4.98 Å². The lowest BCUT2D eigenvalue weighted by atomic mass is 10.2. The van der Waals surface area contributed by atoms with Crippen molar-refractivity contribution < 1.29 is 46.2 Å². The first kappa shape index (κ1) is 36.1. The average Bonchev–Trinajstić information content (AvgIpc) is 3.52. The van der Waals surface area contributed by atoms with Gasteiger partial charge in [-0.2, -0.15) is 0 Å². The van der Waals surface area contributed by atoms with Gasteiger partial charge >= 0.3 is 11.9 Å². The number of carbonyl (C=O) groups is 4. The normalized spacial score (nSPS) is 11.0. The minimum Gasteiger partial charge on any atom is -0.481 e. The van der Waals surface area contributed by atoms with E-state index in [-0.39, 0.29) is 45.5 Å². The van der Waals surface area contributed by atoms with E-state index in [4.69, 9.17) is 15.9 Å². The van der Waals surface area contributed by atoms with E-state index in [1.54, 1.807) is 5.38 Å². The van der Waals surface area contributed by atoms with Gasteiger partial charge in [0.1, 0.15) is 0 Å². The summed E-state index contributed by atoms with van der Waals surface area (Å²) in [6.07, 6.45) is 0.644.